The summed E-state index contributed by atoms with van der Waals surface area (Å²) in [6.45, 7) is 1.83. The molecule has 0 radical (unpaired) electrons. The third kappa shape index (κ3) is 1.68. The average molecular weight is 254 g/mol. The van der Waals surface area contributed by atoms with Crippen molar-refractivity contribution in [2.75, 3.05) is 0 Å². The molecular formula is C9H8BrN3O. The van der Waals surface area contributed by atoms with Crippen LogP contribution in [0.4, 0.5) is 0 Å². The minimum atomic E-state index is 0.0787. The van der Waals surface area contributed by atoms with Crippen LogP contribution in [0.5, 0.6) is 0 Å². The largest absolute Gasteiger partial charge is 0.298 e. The highest BCUT2D eigenvalue weighted by molar-refractivity contribution is 9.10. The van der Waals surface area contributed by atoms with Gasteiger partial charge in [0.1, 0.15) is 5.52 Å². The lowest BCUT2D eigenvalue weighted by Crippen LogP contribution is -2.07. The number of carbonyl (C=O) groups is 1. The summed E-state index contributed by atoms with van der Waals surface area (Å²) in [5.74, 6) is 0.0787. The molecule has 14 heavy (non-hydrogen) atoms. The molecule has 0 saturated carbocycles. The van der Waals surface area contributed by atoms with Gasteiger partial charge in [-0.3, -0.25) is 14.5 Å². The maximum atomic E-state index is 10.9. The highest BCUT2D eigenvalue weighted by Crippen LogP contribution is 2.16. The van der Waals surface area contributed by atoms with Crippen LogP contribution in [0.3, 0.4) is 0 Å². The first-order valence-corrected chi connectivity index (χ1v) is 4.92. The van der Waals surface area contributed by atoms with Crippen molar-refractivity contribution in [2.24, 2.45) is 0 Å². The Morgan fingerprint density at radius 3 is 3.07 bits per heavy atom. The van der Waals surface area contributed by atoms with Crippen LogP contribution in [0.2, 0.25) is 0 Å². The molecule has 0 aliphatic carbocycles. The molecule has 2 aromatic heterocycles. The van der Waals surface area contributed by atoms with E-state index in [1.54, 1.807) is 24.0 Å². The normalized spacial score (nSPS) is 10.7. The second-order valence-corrected chi connectivity index (χ2v) is 3.98. The van der Waals surface area contributed by atoms with Crippen LogP contribution in [-0.4, -0.2) is 20.5 Å². The molecule has 2 aromatic rings. The Labute approximate surface area is 89.1 Å². The third-order valence-corrected chi connectivity index (χ3v) is 2.27. The predicted molar refractivity (Wildman–Crippen MR) is 55.9 cm³/mol. The van der Waals surface area contributed by atoms with Crippen LogP contribution in [0, 0.1) is 0 Å². The molecule has 0 unspecified atom stereocenters. The van der Waals surface area contributed by atoms with Crippen molar-refractivity contribution in [2.45, 2.75) is 13.5 Å². The van der Waals surface area contributed by atoms with Gasteiger partial charge < -0.3 is 0 Å². The van der Waals surface area contributed by atoms with Gasteiger partial charge in [0.15, 0.2) is 5.78 Å². The van der Waals surface area contributed by atoms with Gasteiger partial charge in [-0.05, 0) is 28.9 Å². The number of nitrogens with zero attached hydrogens (tertiary/aromatic N) is 3. The van der Waals surface area contributed by atoms with Gasteiger partial charge in [0, 0.05) is 10.7 Å². The van der Waals surface area contributed by atoms with E-state index in [2.05, 4.69) is 26.0 Å². The van der Waals surface area contributed by atoms with Gasteiger partial charge in [-0.25, -0.2) is 0 Å². The van der Waals surface area contributed by atoms with Gasteiger partial charge in [0.05, 0.1) is 18.3 Å². The van der Waals surface area contributed by atoms with E-state index in [1.807, 2.05) is 6.07 Å². The Hall–Kier alpha value is -1.23. The summed E-state index contributed by atoms with van der Waals surface area (Å²) in [6.07, 6.45) is 3.37. The van der Waals surface area contributed by atoms with E-state index in [0.29, 0.717) is 6.54 Å². The maximum absolute atomic E-state index is 10.9. The highest BCUT2D eigenvalue weighted by Gasteiger charge is 2.05. The minimum Gasteiger partial charge on any atom is -0.298 e. The van der Waals surface area contributed by atoms with Crippen molar-refractivity contribution in [3.63, 3.8) is 0 Å². The Morgan fingerprint density at radius 1 is 1.57 bits per heavy atom. The van der Waals surface area contributed by atoms with Crippen molar-refractivity contribution in [3.05, 3.63) is 22.9 Å². The fourth-order valence-corrected chi connectivity index (χ4v) is 1.59. The molecule has 0 saturated heterocycles. The first-order chi connectivity index (χ1) is 6.66. The molecule has 0 atom stereocenters. The molecule has 0 spiro atoms. The monoisotopic (exact) mass is 253 g/mol. The number of hydrogen-bond acceptors (Lipinski definition) is 3. The molecular weight excluding hydrogens is 246 g/mol. The lowest BCUT2D eigenvalue weighted by molar-refractivity contribution is -0.117. The topological polar surface area (TPSA) is 47.8 Å². The molecule has 0 amide bonds. The molecule has 2 rings (SSSR count). The molecule has 5 heteroatoms. The number of fused-ring (bicyclic) bond motifs is 1. The number of aromatic nitrogens is 3. The molecule has 0 aliphatic heterocycles. The number of hydrogen-bond donors (Lipinski definition) is 0. The zero-order valence-electron chi connectivity index (χ0n) is 7.57. The number of carbonyl (C=O) groups excluding carboxylic acids is 1. The number of rotatable bonds is 2. The van der Waals surface area contributed by atoms with E-state index < -0.39 is 0 Å². The van der Waals surface area contributed by atoms with Crippen LogP contribution >= 0.6 is 15.9 Å². The lowest BCUT2D eigenvalue weighted by atomic mass is 10.4. The van der Waals surface area contributed by atoms with Gasteiger partial charge in [0.2, 0.25) is 0 Å². The zero-order chi connectivity index (χ0) is 10.1. The number of ketones is 1. The molecule has 4 nitrogen and oxygen atoms in total. The zero-order valence-corrected chi connectivity index (χ0v) is 9.15. The van der Waals surface area contributed by atoms with Crippen LogP contribution in [0.15, 0.2) is 22.9 Å². The van der Waals surface area contributed by atoms with Crippen molar-refractivity contribution < 1.29 is 4.79 Å². The molecule has 72 valence electrons. The van der Waals surface area contributed by atoms with E-state index in [0.717, 1.165) is 15.5 Å². The average Bonchev–Trinajstić information content (AvgIpc) is 2.47. The summed E-state index contributed by atoms with van der Waals surface area (Å²) in [4.78, 5) is 15.1. The Morgan fingerprint density at radius 2 is 2.36 bits per heavy atom. The van der Waals surface area contributed by atoms with E-state index in [4.69, 9.17) is 0 Å². The lowest BCUT2D eigenvalue weighted by Gasteiger charge is -1.99. The van der Waals surface area contributed by atoms with Gasteiger partial charge in [-0.15, -0.1) is 0 Å². The van der Waals surface area contributed by atoms with Crippen molar-refractivity contribution in [1.29, 1.82) is 0 Å². The molecule has 0 aliphatic rings. The van der Waals surface area contributed by atoms with E-state index in [-0.39, 0.29) is 5.78 Å². The third-order valence-electron chi connectivity index (χ3n) is 1.83. The fourth-order valence-electron chi connectivity index (χ4n) is 1.27. The van der Waals surface area contributed by atoms with Gasteiger partial charge in [-0.1, -0.05) is 0 Å². The smallest absolute Gasteiger partial charge is 0.151 e. The second kappa shape index (κ2) is 3.49. The Kier molecular flexibility index (Phi) is 2.33. The summed E-state index contributed by atoms with van der Waals surface area (Å²) >= 11 is 3.33. The maximum Gasteiger partial charge on any atom is 0.151 e. The van der Waals surface area contributed by atoms with Gasteiger partial charge in [0.25, 0.3) is 0 Å². The Bertz CT molecular complexity index is 492. The molecule has 0 N–H and O–H groups in total. The number of Topliss-reactive ketones (excluding diaryl/α,β-unsaturated/α-hetero) is 1. The summed E-state index contributed by atoms with van der Waals surface area (Å²) < 4.78 is 2.53. The predicted octanol–water partition coefficient (Wildman–Crippen LogP) is 1.78. The second-order valence-electron chi connectivity index (χ2n) is 3.06. The summed E-state index contributed by atoms with van der Waals surface area (Å²) in [6, 6.07) is 1.90. The highest BCUT2D eigenvalue weighted by atomic mass is 79.9. The standard InChI is InChI=1S/C9H8BrN3O/c1-6(14)5-13-9-2-7(10)3-11-8(9)4-12-13/h2-4H,5H2,1H3. The minimum absolute atomic E-state index is 0.0787. The van der Waals surface area contributed by atoms with Crippen molar-refractivity contribution in [1.82, 2.24) is 14.8 Å². The van der Waals surface area contributed by atoms with Gasteiger partial charge >= 0.3 is 0 Å². The van der Waals surface area contributed by atoms with Crippen LogP contribution in [0.1, 0.15) is 6.92 Å². The van der Waals surface area contributed by atoms with E-state index >= 15 is 0 Å². The number of pyridine rings is 1. The summed E-state index contributed by atoms with van der Waals surface area (Å²) in [5, 5.41) is 4.09. The van der Waals surface area contributed by atoms with E-state index in [9.17, 15) is 4.79 Å². The fraction of sp³-hybridized carbons (Fsp3) is 0.222. The molecule has 0 bridgehead atoms. The molecule has 0 aromatic carbocycles. The van der Waals surface area contributed by atoms with Crippen LogP contribution in [-0.2, 0) is 11.3 Å². The SMILES string of the molecule is CC(=O)Cn1ncc2ncc(Br)cc21. The van der Waals surface area contributed by atoms with E-state index in [1.165, 1.54) is 0 Å². The summed E-state index contributed by atoms with van der Waals surface area (Å²) in [5.41, 5.74) is 1.67. The van der Waals surface area contributed by atoms with Gasteiger partial charge in [-0.2, -0.15) is 5.10 Å². The quantitative estimate of drug-likeness (QED) is 0.820. The first-order valence-electron chi connectivity index (χ1n) is 4.13. The molecule has 2 heterocycles. The number of halogens is 1. The van der Waals surface area contributed by atoms with Crippen molar-refractivity contribution in [3.8, 4) is 0 Å². The van der Waals surface area contributed by atoms with Crippen molar-refractivity contribution >= 4 is 32.7 Å². The van der Waals surface area contributed by atoms with Crippen LogP contribution < -0.4 is 0 Å². The van der Waals surface area contributed by atoms with Crippen LogP contribution in [0.25, 0.3) is 11.0 Å². The molecule has 0 fully saturated rings. The Balaban J connectivity index is 2.55. The summed E-state index contributed by atoms with van der Waals surface area (Å²) in [7, 11) is 0. The first kappa shape index (κ1) is 9.33.